The number of phenolic OH excluding ortho intramolecular Hbond substituents is 1. The van der Waals surface area contributed by atoms with E-state index in [1.807, 2.05) is 0 Å². The number of phenols is 1. The monoisotopic (exact) mass is 497 g/mol. The van der Waals surface area contributed by atoms with Crippen LogP contribution in [0.1, 0.15) is 0 Å². The van der Waals surface area contributed by atoms with E-state index in [0.717, 1.165) is 11.8 Å². The van der Waals surface area contributed by atoms with Crippen molar-refractivity contribution in [3.8, 4) is 17.2 Å². The average Bonchev–Trinajstić information content (AvgIpc) is 2.80. The number of halogens is 1. The fourth-order valence-corrected chi connectivity index (χ4v) is 5.14. The zero-order chi connectivity index (χ0) is 24.3. The molecule has 0 aromatic heterocycles. The van der Waals surface area contributed by atoms with Gasteiger partial charge in [0.2, 0.25) is 0 Å². The van der Waals surface area contributed by atoms with Crippen LogP contribution >= 0.6 is 11.8 Å². The van der Waals surface area contributed by atoms with Crippen molar-refractivity contribution in [1.29, 1.82) is 0 Å². The van der Waals surface area contributed by atoms with Gasteiger partial charge in [-0.3, -0.25) is 4.72 Å². The van der Waals surface area contributed by atoms with Crippen molar-refractivity contribution in [1.82, 2.24) is 0 Å². The summed E-state index contributed by atoms with van der Waals surface area (Å²) in [5.74, 6) is 0.0315. The Balaban J connectivity index is 1.69. The van der Waals surface area contributed by atoms with E-state index in [1.54, 1.807) is 36.4 Å². The number of aliphatic hydroxyl groups excluding tert-OH is 1. The van der Waals surface area contributed by atoms with Crippen LogP contribution in [0.25, 0.3) is 10.8 Å². The summed E-state index contributed by atoms with van der Waals surface area (Å²) in [5, 5.41) is 21.0. The second kappa shape index (κ2) is 9.66. The van der Waals surface area contributed by atoms with Crippen LogP contribution in [0.15, 0.2) is 101 Å². The summed E-state index contributed by atoms with van der Waals surface area (Å²) in [5.41, 5.74) is 0.260. The van der Waals surface area contributed by atoms with E-state index in [0.29, 0.717) is 15.7 Å². The Morgan fingerprint density at radius 1 is 0.971 bits per heavy atom. The number of sulfonamides is 1. The molecule has 0 aliphatic carbocycles. The van der Waals surface area contributed by atoms with Crippen LogP contribution in [-0.4, -0.2) is 24.4 Å². The highest BCUT2D eigenvalue weighted by Gasteiger charge is 2.19. The van der Waals surface area contributed by atoms with Gasteiger partial charge in [0.05, 0.1) is 27.0 Å². The minimum atomic E-state index is -4.05. The topological polar surface area (TPSA) is 95.9 Å². The van der Waals surface area contributed by atoms with Crippen LogP contribution in [0.2, 0.25) is 0 Å². The van der Waals surface area contributed by atoms with E-state index in [4.69, 9.17) is 4.74 Å². The van der Waals surface area contributed by atoms with Gasteiger partial charge in [0.15, 0.2) is 0 Å². The first-order chi connectivity index (χ1) is 16.2. The molecule has 0 bridgehead atoms. The van der Waals surface area contributed by atoms with Crippen molar-refractivity contribution in [3.05, 3.63) is 97.0 Å². The number of hydrogen-bond acceptors (Lipinski definition) is 6. The predicted octanol–water partition coefficient (Wildman–Crippen LogP) is 6.44. The van der Waals surface area contributed by atoms with Crippen LogP contribution in [0.3, 0.4) is 0 Å². The number of anilines is 1. The molecule has 4 rings (SSSR count). The zero-order valence-electron chi connectivity index (χ0n) is 17.7. The molecule has 6 nitrogen and oxygen atoms in total. The third-order valence-corrected chi connectivity index (χ3v) is 7.23. The lowest BCUT2D eigenvalue weighted by atomic mass is 10.1. The maximum absolute atomic E-state index is 13.4. The molecular formula is C25H20FNO5S2. The molecular weight excluding hydrogens is 477 g/mol. The lowest BCUT2D eigenvalue weighted by Gasteiger charge is -2.15. The fraction of sp³-hybridized carbons (Fsp3) is 0.0400. The standard InChI is InChI=1S/C25H20FNO5S2/c1-16(28)15-33-24-14-23(21-10-2-3-11-22(21)25(24)29)27-34(30,31)20-9-5-8-19(13-20)32-18-7-4-6-17(26)12-18/h2-14,27-29H,1,15H2. The van der Waals surface area contributed by atoms with Crippen molar-refractivity contribution >= 4 is 38.2 Å². The zero-order valence-corrected chi connectivity index (χ0v) is 19.4. The van der Waals surface area contributed by atoms with Crippen LogP contribution in [0.4, 0.5) is 10.1 Å². The molecule has 0 heterocycles. The molecule has 0 radical (unpaired) electrons. The van der Waals surface area contributed by atoms with Crippen LogP contribution in [0, 0.1) is 5.82 Å². The van der Waals surface area contributed by atoms with Crippen molar-refractivity contribution in [3.63, 3.8) is 0 Å². The van der Waals surface area contributed by atoms with E-state index < -0.39 is 15.8 Å². The maximum Gasteiger partial charge on any atom is 0.262 e. The fourth-order valence-electron chi connectivity index (χ4n) is 3.27. The summed E-state index contributed by atoms with van der Waals surface area (Å²) in [6.07, 6.45) is 0. The van der Waals surface area contributed by atoms with Gasteiger partial charge in [-0.1, -0.05) is 43.0 Å². The quantitative estimate of drug-likeness (QED) is 0.147. The first-order valence-corrected chi connectivity index (χ1v) is 12.5. The molecule has 3 N–H and O–H groups in total. The molecule has 4 aromatic carbocycles. The number of benzene rings is 4. The number of ether oxygens (including phenoxy) is 1. The van der Waals surface area contributed by atoms with E-state index in [2.05, 4.69) is 11.3 Å². The van der Waals surface area contributed by atoms with Gasteiger partial charge >= 0.3 is 0 Å². The molecule has 0 saturated carbocycles. The number of fused-ring (bicyclic) bond motifs is 1. The molecule has 174 valence electrons. The van der Waals surface area contributed by atoms with Gasteiger partial charge in [0.25, 0.3) is 10.0 Å². The first-order valence-electron chi connectivity index (χ1n) is 10.0. The lowest BCUT2D eigenvalue weighted by molar-refractivity contribution is 0.420. The number of rotatable bonds is 8. The maximum atomic E-state index is 13.4. The molecule has 34 heavy (non-hydrogen) atoms. The van der Waals surface area contributed by atoms with Gasteiger partial charge < -0.3 is 14.9 Å². The van der Waals surface area contributed by atoms with E-state index in [1.165, 1.54) is 42.5 Å². The molecule has 9 heteroatoms. The Hall–Kier alpha value is -3.69. The van der Waals surface area contributed by atoms with Gasteiger partial charge in [0, 0.05) is 22.9 Å². The highest BCUT2D eigenvalue weighted by atomic mass is 32.2. The molecule has 0 spiro atoms. The number of hydrogen-bond donors (Lipinski definition) is 3. The Labute approximate surface area is 200 Å². The van der Waals surface area contributed by atoms with E-state index in [-0.39, 0.29) is 39.3 Å². The average molecular weight is 498 g/mol. The molecule has 0 amide bonds. The van der Waals surface area contributed by atoms with Gasteiger partial charge in [0.1, 0.15) is 23.1 Å². The minimum absolute atomic E-state index is 0.0183. The minimum Gasteiger partial charge on any atom is -0.512 e. The Kier molecular flexibility index (Phi) is 6.67. The third kappa shape index (κ3) is 5.27. The number of aromatic hydroxyl groups is 1. The predicted molar refractivity (Wildman–Crippen MR) is 132 cm³/mol. The normalized spacial score (nSPS) is 11.3. The van der Waals surface area contributed by atoms with Crippen LogP contribution in [-0.2, 0) is 10.0 Å². The van der Waals surface area contributed by atoms with Crippen molar-refractivity contribution in [2.75, 3.05) is 10.5 Å². The summed E-state index contributed by atoms with van der Waals surface area (Å²) in [7, 11) is -4.05. The summed E-state index contributed by atoms with van der Waals surface area (Å²) >= 11 is 1.13. The Morgan fingerprint density at radius 3 is 2.35 bits per heavy atom. The summed E-state index contributed by atoms with van der Waals surface area (Å²) in [6, 6.07) is 19.7. The van der Waals surface area contributed by atoms with Gasteiger partial charge in [-0.25, -0.2) is 12.8 Å². The molecule has 4 aromatic rings. The Morgan fingerprint density at radius 2 is 1.65 bits per heavy atom. The third-order valence-electron chi connectivity index (χ3n) is 4.77. The SMILES string of the molecule is C=C(O)CSc1cc(NS(=O)(=O)c2cccc(Oc3cccc(F)c3)c2)c2ccccc2c1O. The molecule has 0 atom stereocenters. The summed E-state index contributed by atoms with van der Waals surface area (Å²) in [6.45, 7) is 3.44. The first kappa shape index (κ1) is 23.5. The number of aliphatic hydroxyl groups is 1. The molecule has 0 aliphatic heterocycles. The largest absolute Gasteiger partial charge is 0.512 e. The lowest BCUT2D eigenvalue weighted by Crippen LogP contribution is -2.13. The second-order valence-electron chi connectivity index (χ2n) is 7.31. The summed E-state index contributed by atoms with van der Waals surface area (Å²) < 4.78 is 48.1. The van der Waals surface area contributed by atoms with Crippen molar-refractivity contribution in [2.24, 2.45) is 0 Å². The second-order valence-corrected chi connectivity index (χ2v) is 10.0. The van der Waals surface area contributed by atoms with E-state index >= 15 is 0 Å². The molecule has 0 fully saturated rings. The van der Waals surface area contributed by atoms with Gasteiger partial charge in [-0.15, -0.1) is 11.8 Å². The highest BCUT2D eigenvalue weighted by molar-refractivity contribution is 7.99. The van der Waals surface area contributed by atoms with Gasteiger partial charge in [-0.05, 0) is 30.3 Å². The van der Waals surface area contributed by atoms with Crippen molar-refractivity contribution < 1.29 is 27.8 Å². The van der Waals surface area contributed by atoms with Crippen molar-refractivity contribution in [2.45, 2.75) is 9.79 Å². The number of nitrogens with one attached hydrogen (secondary N) is 1. The summed E-state index contributed by atoms with van der Waals surface area (Å²) in [4.78, 5) is 0.325. The smallest absolute Gasteiger partial charge is 0.262 e. The van der Waals surface area contributed by atoms with Crippen LogP contribution < -0.4 is 9.46 Å². The highest BCUT2D eigenvalue weighted by Crippen LogP contribution is 2.41. The molecule has 0 saturated heterocycles. The van der Waals surface area contributed by atoms with E-state index in [9.17, 15) is 23.0 Å². The molecule has 0 unspecified atom stereocenters. The van der Waals surface area contributed by atoms with Crippen LogP contribution in [0.5, 0.6) is 17.2 Å². The number of thioether (sulfide) groups is 1. The van der Waals surface area contributed by atoms with Gasteiger partial charge in [-0.2, -0.15) is 0 Å². The molecule has 0 aliphatic rings. The Bertz CT molecular complexity index is 1490.